The number of nitrogens with one attached hydrogen (secondary N) is 2. The SMILES string of the molecule is CCn1nc(C)c(CN2C[C@@H]3NC(=O)c4ccc(OC)c(c4)OCC(=O)NCc4ccc(cc4)O[C@H]3C2)c1C. The van der Waals surface area contributed by atoms with E-state index < -0.39 is 0 Å². The Labute approximate surface area is 228 Å². The second kappa shape index (κ2) is 11.4. The average Bonchev–Trinajstić information content (AvgIpc) is 3.44. The van der Waals surface area contributed by atoms with Crippen molar-refractivity contribution in [1.82, 2.24) is 25.3 Å². The molecule has 1 saturated heterocycles. The number of hydrogen-bond acceptors (Lipinski definition) is 7. The molecule has 10 heteroatoms. The second-order valence-corrected chi connectivity index (χ2v) is 9.97. The Morgan fingerprint density at radius 1 is 1.10 bits per heavy atom. The number of amides is 2. The number of likely N-dealkylation sites (tertiary alicyclic amines) is 1. The van der Waals surface area contributed by atoms with Crippen LogP contribution in [0.3, 0.4) is 0 Å². The summed E-state index contributed by atoms with van der Waals surface area (Å²) in [6, 6.07) is 12.3. The minimum absolute atomic E-state index is 0.199. The first kappa shape index (κ1) is 26.6. The van der Waals surface area contributed by atoms with Gasteiger partial charge in [0.2, 0.25) is 0 Å². The number of aryl methyl sites for hydroxylation is 2. The van der Waals surface area contributed by atoms with Crippen molar-refractivity contribution in [3.63, 3.8) is 0 Å². The van der Waals surface area contributed by atoms with Crippen molar-refractivity contribution in [1.29, 1.82) is 0 Å². The van der Waals surface area contributed by atoms with Gasteiger partial charge >= 0.3 is 0 Å². The van der Waals surface area contributed by atoms with E-state index >= 15 is 0 Å². The first-order valence-corrected chi connectivity index (χ1v) is 13.2. The number of hydrogen-bond donors (Lipinski definition) is 2. The van der Waals surface area contributed by atoms with Crippen molar-refractivity contribution in [2.24, 2.45) is 0 Å². The molecule has 2 amide bonds. The highest BCUT2D eigenvalue weighted by atomic mass is 16.5. The van der Waals surface area contributed by atoms with Gasteiger partial charge in [0.25, 0.3) is 11.8 Å². The fourth-order valence-corrected chi connectivity index (χ4v) is 5.17. The Balaban J connectivity index is 1.43. The first-order valence-electron chi connectivity index (χ1n) is 13.2. The van der Waals surface area contributed by atoms with Crippen LogP contribution >= 0.6 is 0 Å². The number of carbonyl (C=O) groups is 2. The molecule has 4 heterocycles. The summed E-state index contributed by atoms with van der Waals surface area (Å²) in [5, 5.41) is 10.7. The summed E-state index contributed by atoms with van der Waals surface area (Å²) < 4.78 is 19.6. The Morgan fingerprint density at radius 2 is 1.90 bits per heavy atom. The topological polar surface area (TPSA) is 107 Å². The van der Waals surface area contributed by atoms with E-state index in [4.69, 9.17) is 14.2 Å². The standard InChI is InChI=1S/C29H35N5O5/c1-5-34-19(3)23(18(2)32-34)14-33-15-24-27(16-33)39-22-9-6-20(7-10-22)13-30-28(35)17-38-26-12-21(29(36)31-24)8-11-25(26)37-4/h6-12,24,27H,5,13-17H2,1-4H3,(H,30,35)(H,31,36)/t24-,27-/m0/s1. The van der Waals surface area contributed by atoms with Gasteiger partial charge in [0.05, 0.1) is 18.8 Å². The maximum absolute atomic E-state index is 13.4. The monoisotopic (exact) mass is 533 g/mol. The highest BCUT2D eigenvalue weighted by molar-refractivity contribution is 5.95. The van der Waals surface area contributed by atoms with E-state index in [1.165, 1.54) is 12.7 Å². The fourth-order valence-electron chi connectivity index (χ4n) is 5.17. The van der Waals surface area contributed by atoms with Gasteiger partial charge in [0.1, 0.15) is 11.9 Å². The van der Waals surface area contributed by atoms with Crippen LogP contribution < -0.4 is 24.8 Å². The molecular weight excluding hydrogens is 498 g/mol. The summed E-state index contributed by atoms with van der Waals surface area (Å²) in [5.74, 6) is 0.952. The van der Waals surface area contributed by atoms with E-state index in [-0.39, 0.29) is 30.6 Å². The third-order valence-electron chi connectivity index (χ3n) is 7.36. The van der Waals surface area contributed by atoms with E-state index in [9.17, 15) is 9.59 Å². The highest BCUT2D eigenvalue weighted by Crippen LogP contribution is 2.29. The maximum atomic E-state index is 13.4. The lowest BCUT2D eigenvalue weighted by atomic mass is 10.1. The van der Waals surface area contributed by atoms with Crippen molar-refractivity contribution in [2.45, 2.75) is 52.6 Å². The molecule has 2 atom stereocenters. The summed E-state index contributed by atoms with van der Waals surface area (Å²) >= 11 is 0. The molecule has 0 unspecified atom stereocenters. The molecule has 1 aromatic heterocycles. The van der Waals surface area contributed by atoms with Gasteiger partial charge in [-0.15, -0.1) is 0 Å². The van der Waals surface area contributed by atoms with Crippen molar-refractivity contribution < 1.29 is 23.8 Å². The molecule has 0 saturated carbocycles. The van der Waals surface area contributed by atoms with Gasteiger partial charge in [-0.2, -0.15) is 5.10 Å². The summed E-state index contributed by atoms with van der Waals surface area (Å²) in [4.78, 5) is 28.1. The Morgan fingerprint density at radius 3 is 2.62 bits per heavy atom. The number of nitrogens with zero attached hydrogens (tertiary/aromatic N) is 3. The van der Waals surface area contributed by atoms with Crippen molar-refractivity contribution in [3.05, 3.63) is 70.5 Å². The Kier molecular flexibility index (Phi) is 7.74. The van der Waals surface area contributed by atoms with Crippen molar-refractivity contribution in [3.8, 4) is 17.2 Å². The molecule has 2 N–H and O–H groups in total. The Hall–Kier alpha value is -4.05. The van der Waals surface area contributed by atoms with Gasteiger partial charge in [-0.05, 0) is 56.7 Å². The molecule has 2 aromatic carbocycles. The largest absolute Gasteiger partial charge is 0.493 e. The predicted molar refractivity (Wildman–Crippen MR) is 145 cm³/mol. The van der Waals surface area contributed by atoms with Gasteiger partial charge in [-0.3, -0.25) is 19.2 Å². The average molecular weight is 534 g/mol. The third kappa shape index (κ3) is 5.85. The van der Waals surface area contributed by atoms with Gasteiger partial charge in [0.15, 0.2) is 18.1 Å². The normalized spacial score (nSPS) is 19.9. The van der Waals surface area contributed by atoms with E-state index in [0.717, 1.165) is 30.0 Å². The number of carbonyl (C=O) groups excluding carboxylic acids is 2. The van der Waals surface area contributed by atoms with Crippen LogP contribution in [-0.2, 0) is 24.4 Å². The molecule has 3 aliphatic heterocycles. The van der Waals surface area contributed by atoms with Crippen LogP contribution in [0.1, 0.15) is 39.8 Å². The molecule has 0 radical (unpaired) electrons. The zero-order valence-corrected chi connectivity index (χ0v) is 22.8. The molecule has 10 nitrogen and oxygen atoms in total. The summed E-state index contributed by atoms with van der Waals surface area (Å²) in [7, 11) is 1.52. The number of ether oxygens (including phenoxy) is 3. The molecule has 0 aliphatic carbocycles. The molecular formula is C29H35N5O5. The summed E-state index contributed by atoms with van der Waals surface area (Å²) in [6.45, 7) is 9.22. The van der Waals surface area contributed by atoms with Gasteiger partial charge < -0.3 is 24.8 Å². The van der Waals surface area contributed by atoms with Gasteiger partial charge in [-0.1, -0.05) is 12.1 Å². The molecule has 1 fully saturated rings. The van der Waals surface area contributed by atoms with E-state index in [0.29, 0.717) is 42.4 Å². The van der Waals surface area contributed by atoms with Gasteiger partial charge in [0, 0.05) is 49.5 Å². The van der Waals surface area contributed by atoms with Gasteiger partial charge in [-0.25, -0.2) is 0 Å². The van der Waals surface area contributed by atoms with Crippen LogP contribution in [0.5, 0.6) is 17.2 Å². The lowest BCUT2D eigenvalue weighted by molar-refractivity contribution is -0.123. The van der Waals surface area contributed by atoms with Crippen LogP contribution in [0.4, 0.5) is 0 Å². The predicted octanol–water partition coefficient (Wildman–Crippen LogP) is 2.60. The van der Waals surface area contributed by atoms with Crippen molar-refractivity contribution >= 4 is 11.8 Å². The molecule has 3 aliphatic rings. The van der Waals surface area contributed by atoms with E-state index in [1.54, 1.807) is 18.2 Å². The zero-order chi connectivity index (χ0) is 27.5. The lowest BCUT2D eigenvalue weighted by Gasteiger charge is -2.21. The molecule has 3 aromatic rings. The Bertz CT molecular complexity index is 1350. The maximum Gasteiger partial charge on any atom is 0.258 e. The fraction of sp³-hybridized carbons (Fsp3) is 0.414. The molecule has 6 rings (SSSR count). The molecule has 4 bridgehead atoms. The first-order chi connectivity index (χ1) is 18.8. The molecule has 206 valence electrons. The smallest absolute Gasteiger partial charge is 0.258 e. The number of benzene rings is 2. The highest BCUT2D eigenvalue weighted by Gasteiger charge is 2.36. The second-order valence-electron chi connectivity index (χ2n) is 9.97. The van der Waals surface area contributed by atoms with Crippen LogP contribution in [0, 0.1) is 13.8 Å². The van der Waals surface area contributed by atoms with Crippen LogP contribution in [0.25, 0.3) is 0 Å². The zero-order valence-electron chi connectivity index (χ0n) is 22.8. The number of methoxy groups -OCH3 is 1. The van der Waals surface area contributed by atoms with Crippen LogP contribution in [0.15, 0.2) is 42.5 Å². The number of rotatable bonds is 4. The van der Waals surface area contributed by atoms with Crippen LogP contribution in [-0.4, -0.2) is 65.4 Å². The molecule has 0 spiro atoms. The van der Waals surface area contributed by atoms with Crippen molar-refractivity contribution in [2.75, 3.05) is 26.8 Å². The number of aromatic nitrogens is 2. The minimum atomic E-state index is -0.277. The number of fused-ring (bicyclic) bond motifs is 7. The van der Waals surface area contributed by atoms with E-state index in [2.05, 4.69) is 34.5 Å². The summed E-state index contributed by atoms with van der Waals surface area (Å²) in [6.07, 6.45) is -0.258. The van der Waals surface area contributed by atoms with Crippen LogP contribution in [0.2, 0.25) is 0 Å². The lowest BCUT2D eigenvalue weighted by Crippen LogP contribution is -2.45. The molecule has 39 heavy (non-hydrogen) atoms. The summed E-state index contributed by atoms with van der Waals surface area (Å²) in [5.41, 5.74) is 4.74. The third-order valence-corrected chi connectivity index (χ3v) is 7.36. The quantitative estimate of drug-likeness (QED) is 0.531. The van der Waals surface area contributed by atoms with E-state index in [1.807, 2.05) is 35.9 Å². The minimum Gasteiger partial charge on any atom is -0.493 e.